The van der Waals surface area contributed by atoms with Crippen molar-refractivity contribution in [1.29, 1.82) is 0 Å². The summed E-state index contributed by atoms with van der Waals surface area (Å²) in [5, 5.41) is 0. The Morgan fingerprint density at radius 1 is 0.862 bits per heavy atom. The first-order valence-corrected chi connectivity index (χ1v) is 9.65. The standard InChI is InChI=1S/C20H21BrN2O6/c1-3-27-16-10-7-14(11-17(16)28-4-2)20(26)29-12-18(24)22-23-19(25)13-5-8-15(21)9-6-13/h5-11H,3-4,12H2,1-2H3,(H,22,24)(H,23,25). The molecule has 2 aromatic carbocycles. The summed E-state index contributed by atoms with van der Waals surface area (Å²) in [7, 11) is 0. The van der Waals surface area contributed by atoms with Gasteiger partial charge in [-0.1, -0.05) is 15.9 Å². The van der Waals surface area contributed by atoms with Crippen LogP contribution in [0.3, 0.4) is 0 Å². The first-order chi connectivity index (χ1) is 13.9. The largest absolute Gasteiger partial charge is 0.490 e. The quantitative estimate of drug-likeness (QED) is 0.459. The van der Waals surface area contributed by atoms with Gasteiger partial charge in [0, 0.05) is 10.0 Å². The van der Waals surface area contributed by atoms with Crippen molar-refractivity contribution in [2.45, 2.75) is 13.8 Å². The number of rotatable bonds is 8. The minimum absolute atomic E-state index is 0.212. The third-order valence-electron chi connectivity index (χ3n) is 3.54. The van der Waals surface area contributed by atoms with Gasteiger partial charge < -0.3 is 14.2 Å². The lowest BCUT2D eigenvalue weighted by molar-refractivity contribution is -0.125. The molecule has 0 unspecified atom stereocenters. The van der Waals surface area contributed by atoms with Crippen molar-refractivity contribution in [3.05, 3.63) is 58.1 Å². The van der Waals surface area contributed by atoms with Crippen molar-refractivity contribution in [2.75, 3.05) is 19.8 Å². The highest BCUT2D eigenvalue weighted by Crippen LogP contribution is 2.28. The van der Waals surface area contributed by atoms with Gasteiger partial charge in [-0.3, -0.25) is 20.4 Å². The first-order valence-electron chi connectivity index (χ1n) is 8.86. The number of carbonyl (C=O) groups is 3. The van der Waals surface area contributed by atoms with Crippen LogP contribution in [0.4, 0.5) is 0 Å². The Balaban J connectivity index is 1.86. The summed E-state index contributed by atoms with van der Waals surface area (Å²) >= 11 is 3.27. The molecule has 0 bridgehead atoms. The van der Waals surface area contributed by atoms with Gasteiger partial charge in [-0.25, -0.2) is 4.79 Å². The monoisotopic (exact) mass is 464 g/mol. The molecule has 2 rings (SSSR count). The minimum Gasteiger partial charge on any atom is -0.490 e. The Morgan fingerprint density at radius 3 is 2.14 bits per heavy atom. The molecule has 0 saturated carbocycles. The minimum atomic E-state index is -0.705. The van der Waals surface area contributed by atoms with Crippen molar-refractivity contribution in [3.63, 3.8) is 0 Å². The van der Waals surface area contributed by atoms with Gasteiger partial charge in [0.05, 0.1) is 18.8 Å². The lowest BCUT2D eigenvalue weighted by Gasteiger charge is -2.12. The zero-order valence-corrected chi connectivity index (χ0v) is 17.6. The fraction of sp³-hybridized carbons (Fsp3) is 0.250. The van der Waals surface area contributed by atoms with Gasteiger partial charge in [0.15, 0.2) is 18.1 Å². The maximum atomic E-state index is 12.2. The van der Waals surface area contributed by atoms with Crippen LogP contribution in [0, 0.1) is 0 Å². The Hall–Kier alpha value is -3.07. The summed E-state index contributed by atoms with van der Waals surface area (Å²) in [6.07, 6.45) is 0. The number of amides is 2. The number of nitrogens with one attached hydrogen (secondary N) is 2. The summed E-state index contributed by atoms with van der Waals surface area (Å²) in [4.78, 5) is 35.9. The van der Waals surface area contributed by atoms with E-state index in [9.17, 15) is 14.4 Å². The van der Waals surface area contributed by atoms with Crippen LogP contribution in [-0.4, -0.2) is 37.6 Å². The van der Waals surface area contributed by atoms with Crippen LogP contribution in [0.5, 0.6) is 11.5 Å². The maximum Gasteiger partial charge on any atom is 0.338 e. The molecule has 0 atom stereocenters. The highest BCUT2D eigenvalue weighted by atomic mass is 79.9. The zero-order chi connectivity index (χ0) is 21.2. The van der Waals surface area contributed by atoms with E-state index in [2.05, 4.69) is 26.8 Å². The predicted octanol–water partition coefficient (Wildman–Crippen LogP) is 2.86. The van der Waals surface area contributed by atoms with E-state index >= 15 is 0 Å². The number of hydrazine groups is 1. The summed E-state index contributed by atoms with van der Waals surface area (Å²) in [5.41, 5.74) is 5.01. The van der Waals surface area contributed by atoms with Crippen LogP contribution in [0.15, 0.2) is 46.9 Å². The first kappa shape index (κ1) is 22.2. The van der Waals surface area contributed by atoms with E-state index in [1.54, 1.807) is 30.3 Å². The van der Waals surface area contributed by atoms with Gasteiger partial charge in [-0.2, -0.15) is 0 Å². The molecule has 0 heterocycles. The summed E-state index contributed by atoms with van der Waals surface area (Å²) in [6, 6.07) is 11.2. The Bertz CT molecular complexity index is 870. The Labute approximate surface area is 176 Å². The van der Waals surface area contributed by atoms with E-state index in [0.29, 0.717) is 30.3 Å². The predicted molar refractivity (Wildman–Crippen MR) is 109 cm³/mol. The molecule has 0 saturated heterocycles. The molecule has 2 N–H and O–H groups in total. The van der Waals surface area contributed by atoms with E-state index in [4.69, 9.17) is 14.2 Å². The Kier molecular flexibility index (Phi) is 8.47. The fourth-order valence-corrected chi connectivity index (χ4v) is 2.49. The van der Waals surface area contributed by atoms with Crippen LogP contribution in [0.25, 0.3) is 0 Å². The van der Waals surface area contributed by atoms with Crippen molar-refractivity contribution in [1.82, 2.24) is 10.9 Å². The van der Waals surface area contributed by atoms with E-state index in [1.807, 2.05) is 13.8 Å². The molecular weight excluding hydrogens is 444 g/mol. The van der Waals surface area contributed by atoms with Gasteiger partial charge in [-0.15, -0.1) is 0 Å². The molecule has 0 fully saturated rings. The number of hydrogen-bond donors (Lipinski definition) is 2. The van der Waals surface area contributed by atoms with Crippen molar-refractivity contribution in [3.8, 4) is 11.5 Å². The molecule has 0 radical (unpaired) electrons. The average Bonchev–Trinajstić information content (AvgIpc) is 2.72. The number of carbonyl (C=O) groups excluding carboxylic acids is 3. The molecule has 2 aromatic rings. The highest BCUT2D eigenvalue weighted by molar-refractivity contribution is 9.10. The third kappa shape index (κ3) is 6.79. The van der Waals surface area contributed by atoms with Gasteiger partial charge in [0.1, 0.15) is 0 Å². The van der Waals surface area contributed by atoms with Gasteiger partial charge >= 0.3 is 5.97 Å². The molecular formula is C20H21BrN2O6. The van der Waals surface area contributed by atoms with E-state index < -0.39 is 24.4 Å². The van der Waals surface area contributed by atoms with Crippen LogP contribution < -0.4 is 20.3 Å². The number of ether oxygens (including phenoxy) is 3. The zero-order valence-electron chi connectivity index (χ0n) is 16.0. The number of benzene rings is 2. The molecule has 9 heteroatoms. The number of hydrogen-bond acceptors (Lipinski definition) is 6. The van der Waals surface area contributed by atoms with E-state index in [0.717, 1.165) is 4.47 Å². The van der Waals surface area contributed by atoms with Gasteiger partial charge in [0.2, 0.25) is 0 Å². The highest BCUT2D eigenvalue weighted by Gasteiger charge is 2.15. The smallest absolute Gasteiger partial charge is 0.338 e. The molecule has 0 aliphatic carbocycles. The normalized spacial score (nSPS) is 10.0. The van der Waals surface area contributed by atoms with Crippen molar-refractivity contribution < 1.29 is 28.6 Å². The molecule has 8 nitrogen and oxygen atoms in total. The Morgan fingerprint density at radius 2 is 1.48 bits per heavy atom. The second-order valence-corrected chi connectivity index (χ2v) is 6.53. The second kappa shape index (κ2) is 11.1. The lowest BCUT2D eigenvalue weighted by Crippen LogP contribution is -2.43. The van der Waals surface area contributed by atoms with E-state index in [1.165, 1.54) is 12.1 Å². The fourth-order valence-electron chi connectivity index (χ4n) is 2.23. The molecule has 0 aromatic heterocycles. The van der Waals surface area contributed by atoms with Crippen molar-refractivity contribution in [2.24, 2.45) is 0 Å². The van der Waals surface area contributed by atoms with Crippen LogP contribution in [0.2, 0.25) is 0 Å². The molecule has 0 spiro atoms. The summed E-state index contributed by atoms with van der Waals surface area (Å²) in [5.74, 6) is -0.956. The summed E-state index contributed by atoms with van der Waals surface area (Å²) < 4.78 is 16.7. The SMILES string of the molecule is CCOc1ccc(C(=O)OCC(=O)NNC(=O)c2ccc(Br)cc2)cc1OCC. The van der Waals surface area contributed by atoms with E-state index in [-0.39, 0.29) is 5.56 Å². The summed E-state index contributed by atoms with van der Waals surface area (Å²) in [6.45, 7) is 3.95. The lowest BCUT2D eigenvalue weighted by atomic mass is 10.2. The number of halogens is 1. The van der Waals surface area contributed by atoms with Crippen LogP contribution >= 0.6 is 15.9 Å². The van der Waals surface area contributed by atoms with Gasteiger partial charge in [0.25, 0.3) is 11.8 Å². The van der Waals surface area contributed by atoms with Crippen LogP contribution in [-0.2, 0) is 9.53 Å². The second-order valence-electron chi connectivity index (χ2n) is 5.61. The van der Waals surface area contributed by atoms with Crippen molar-refractivity contribution >= 4 is 33.7 Å². The number of esters is 1. The molecule has 0 aliphatic heterocycles. The molecule has 154 valence electrons. The molecule has 29 heavy (non-hydrogen) atoms. The maximum absolute atomic E-state index is 12.2. The third-order valence-corrected chi connectivity index (χ3v) is 4.06. The topological polar surface area (TPSA) is 103 Å². The van der Waals surface area contributed by atoms with Gasteiger partial charge in [-0.05, 0) is 56.3 Å². The molecule has 2 amide bonds. The molecule has 0 aliphatic rings. The van der Waals surface area contributed by atoms with Crippen LogP contribution in [0.1, 0.15) is 34.6 Å². The average molecular weight is 465 g/mol.